The Morgan fingerprint density at radius 1 is 1.05 bits per heavy atom. The largest absolute Gasteiger partial charge is 0.497 e. The molecule has 0 unspecified atom stereocenters. The van der Waals surface area contributed by atoms with Crippen molar-refractivity contribution in [2.45, 2.75) is 51.2 Å². The first kappa shape index (κ1) is 28.8. The molecular weight excluding hydrogens is 521 g/mol. The zero-order chi connectivity index (χ0) is 28.3. The molecule has 2 aromatic carbocycles. The predicted octanol–water partition coefficient (Wildman–Crippen LogP) is 4.73. The predicted molar refractivity (Wildman–Crippen MR) is 147 cm³/mol. The zero-order valence-electron chi connectivity index (χ0n) is 23.2. The molecule has 3 aromatic rings. The van der Waals surface area contributed by atoms with Crippen molar-refractivity contribution in [1.82, 2.24) is 14.1 Å². The number of nitrogens with zero attached hydrogens (tertiary/aromatic N) is 3. The summed E-state index contributed by atoms with van der Waals surface area (Å²) in [5, 5.41) is 0. The van der Waals surface area contributed by atoms with Gasteiger partial charge in [0.25, 0.3) is 5.91 Å². The summed E-state index contributed by atoms with van der Waals surface area (Å²) in [4.78, 5) is 17.1. The lowest BCUT2D eigenvalue weighted by Gasteiger charge is -2.20. The van der Waals surface area contributed by atoms with Gasteiger partial charge in [-0.25, -0.2) is 12.8 Å². The van der Waals surface area contributed by atoms with Gasteiger partial charge in [0.1, 0.15) is 23.6 Å². The molecule has 0 spiro atoms. The summed E-state index contributed by atoms with van der Waals surface area (Å²) in [5.41, 5.74) is 2.89. The van der Waals surface area contributed by atoms with Crippen LogP contribution in [0.4, 0.5) is 4.39 Å². The van der Waals surface area contributed by atoms with Crippen LogP contribution in [0.1, 0.15) is 51.2 Å². The Bertz CT molecular complexity index is 1420. The summed E-state index contributed by atoms with van der Waals surface area (Å²) in [6, 6.07) is 9.95. The van der Waals surface area contributed by atoms with Gasteiger partial charge in [0.05, 0.1) is 24.1 Å². The maximum Gasteiger partial charge on any atom is 0.257 e. The van der Waals surface area contributed by atoms with Crippen LogP contribution in [0.25, 0.3) is 0 Å². The highest BCUT2D eigenvalue weighted by atomic mass is 32.2. The number of benzene rings is 2. The number of carbonyl (C=O) groups excluding carboxylic acids is 1. The van der Waals surface area contributed by atoms with E-state index in [1.807, 2.05) is 6.07 Å². The third-order valence-corrected chi connectivity index (χ3v) is 9.20. The Morgan fingerprint density at radius 2 is 1.72 bits per heavy atom. The molecule has 8 nitrogen and oxygen atoms in total. The van der Waals surface area contributed by atoms with Gasteiger partial charge in [0, 0.05) is 32.7 Å². The quantitative estimate of drug-likeness (QED) is 0.358. The van der Waals surface area contributed by atoms with E-state index in [0.29, 0.717) is 28.2 Å². The van der Waals surface area contributed by atoms with Gasteiger partial charge in [-0.3, -0.25) is 9.69 Å². The second-order valence-electron chi connectivity index (χ2n) is 10.2. The van der Waals surface area contributed by atoms with E-state index in [2.05, 4.69) is 4.90 Å². The van der Waals surface area contributed by atoms with Crippen LogP contribution >= 0.6 is 0 Å². The Kier molecular flexibility index (Phi) is 8.78. The highest BCUT2D eigenvalue weighted by Gasteiger charge is 2.27. The summed E-state index contributed by atoms with van der Waals surface area (Å²) >= 11 is 0. The third kappa shape index (κ3) is 6.51. The first-order valence-electron chi connectivity index (χ1n) is 12.9. The number of halogens is 1. The Labute approximate surface area is 230 Å². The maximum absolute atomic E-state index is 14.6. The lowest BCUT2D eigenvalue weighted by molar-refractivity contribution is 0.0783. The SMILES string of the molecule is COc1cc(C)c(S(=O)(=O)N(C)Cc2cc(C(=O)N(C)Cc3cc(CN4CCCC4)ccc3F)co2)c(C)c1. The Hall–Kier alpha value is -3.21. The van der Waals surface area contributed by atoms with Gasteiger partial charge >= 0.3 is 0 Å². The van der Waals surface area contributed by atoms with Gasteiger partial charge in [0.15, 0.2) is 0 Å². The smallest absolute Gasteiger partial charge is 0.257 e. The van der Waals surface area contributed by atoms with Crippen LogP contribution in [0.5, 0.6) is 5.75 Å². The summed E-state index contributed by atoms with van der Waals surface area (Å²) in [6.07, 6.45) is 3.67. The molecule has 10 heteroatoms. The number of sulfonamides is 1. The maximum atomic E-state index is 14.6. The molecule has 4 rings (SSSR count). The van der Waals surface area contributed by atoms with Gasteiger partial charge in [-0.2, -0.15) is 4.31 Å². The molecule has 0 N–H and O–H groups in total. The fourth-order valence-corrected chi connectivity index (χ4v) is 6.61. The third-order valence-electron chi connectivity index (χ3n) is 7.09. The van der Waals surface area contributed by atoms with Gasteiger partial charge in [-0.1, -0.05) is 6.07 Å². The van der Waals surface area contributed by atoms with E-state index >= 15 is 0 Å². The van der Waals surface area contributed by atoms with Crippen molar-refractivity contribution < 1.29 is 26.8 Å². The minimum atomic E-state index is -3.83. The fourth-order valence-electron chi connectivity index (χ4n) is 5.07. The van der Waals surface area contributed by atoms with Crippen LogP contribution < -0.4 is 4.74 Å². The second kappa shape index (κ2) is 11.9. The average molecular weight is 558 g/mol. The summed E-state index contributed by atoms with van der Waals surface area (Å²) in [6.45, 7) is 6.34. The Morgan fingerprint density at radius 3 is 2.36 bits per heavy atom. The van der Waals surface area contributed by atoms with Crippen LogP contribution in [0, 0.1) is 19.7 Å². The number of likely N-dealkylation sites (tertiary alicyclic amines) is 1. The molecule has 1 aliphatic heterocycles. The first-order chi connectivity index (χ1) is 18.5. The van der Waals surface area contributed by atoms with E-state index in [0.717, 1.165) is 25.2 Å². The molecule has 39 heavy (non-hydrogen) atoms. The summed E-state index contributed by atoms with van der Waals surface area (Å²) in [5.74, 6) is 0.203. The van der Waals surface area contributed by atoms with Crippen molar-refractivity contribution in [3.8, 4) is 5.75 Å². The van der Waals surface area contributed by atoms with Crippen LogP contribution in [0.2, 0.25) is 0 Å². The number of furan rings is 1. The monoisotopic (exact) mass is 557 g/mol. The van der Waals surface area contributed by atoms with E-state index in [1.165, 1.54) is 54.6 Å². The van der Waals surface area contributed by atoms with Gasteiger partial charge < -0.3 is 14.1 Å². The van der Waals surface area contributed by atoms with E-state index < -0.39 is 10.0 Å². The second-order valence-corrected chi connectivity index (χ2v) is 12.2. The molecule has 0 saturated carbocycles. The number of ether oxygens (including phenoxy) is 1. The van der Waals surface area contributed by atoms with Crippen molar-refractivity contribution in [2.75, 3.05) is 34.3 Å². The van der Waals surface area contributed by atoms with E-state index in [4.69, 9.17) is 9.15 Å². The lowest BCUT2D eigenvalue weighted by atomic mass is 10.1. The number of hydrogen-bond donors (Lipinski definition) is 0. The van der Waals surface area contributed by atoms with Crippen molar-refractivity contribution in [1.29, 1.82) is 0 Å². The molecule has 1 aromatic heterocycles. The number of amides is 1. The number of aryl methyl sites for hydroxylation is 2. The van der Waals surface area contributed by atoms with Crippen molar-refractivity contribution in [3.63, 3.8) is 0 Å². The number of rotatable bonds is 10. The van der Waals surface area contributed by atoms with Gasteiger partial charge in [-0.15, -0.1) is 0 Å². The van der Waals surface area contributed by atoms with E-state index in [-0.39, 0.29) is 35.3 Å². The summed E-state index contributed by atoms with van der Waals surface area (Å²) < 4.78 is 53.2. The van der Waals surface area contributed by atoms with E-state index in [9.17, 15) is 17.6 Å². The fraction of sp³-hybridized carbons (Fsp3) is 0.414. The molecule has 0 aliphatic carbocycles. The molecular formula is C29H36FN3O5S. The van der Waals surface area contributed by atoms with Gasteiger partial charge in [0.2, 0.25) is 10.0 Å². The van der Waals surface area contributed by atoms with Crippen molar-refractivity contribution >= 4 is 15.9 Å². The molecule has 1 fully saturated rings. The average Bonchev–Trinajstić information content (AvgIpc) is 3.57. The molecule has 0 bridgehead atoms. The zero-order valence-corrected chi connectivity index (χ0v) is 24.0. The molecule has 2 heterocycles. The van der Waals surface area contributed by atoms with E-state index in [1.54, 1.807) is 39.1 Å². The summed E-state index contributed by atoms with van der Waals surface area (Å²) in [7, 11) is 0.770. The highest BCUT2D eigenvalue weighted by molar-refractivity contribution is 7.89. The van der Waals surface area contributed by atoms with Crippen LogP contribution in [-0.2, 0) is 29.7 Å². The highest BCUT2D eigenvalue weighted by Crippen LogP contribution is 2.29. The molecule has 1 amide bonds. The molecule has 210 valence electrons. The molecule has 1 saturated heterocycles. The number of carbonyl (C=O) groups is 1. The normalized spacial score (nSPS) is 14.2. The number of hydrogen-bond acceptors (Lipinski definition) is 6. The van der Waals surface area contributed by atoms with Crippen LogP contribution in [-0.4, -0.2) is 62.7 Å². The molecule has 0 atom stereocenters. The van der Waals surface area contributed by atoms with Crippen molar-refractivity contribution in [3.05, 3.63) is 82.1 Å². The minimum Gasteiger partial charge on any atom is -0.497 e. The van der Waals surface area contributed by atoms with Gasteiger partial charge in [-0.05, 0) is 86.8 Å². The molecule has 1 aliphatic rings. The van der Waals surface area contributed by atoms with Crippen LogP contribution in [0.15, 0.2) is 52.0 Å². The van der Waals surface area contributed by atoms with Crippen LogP contribution in [0.3, 0.4) is 0 Å². The first-order valence-corrected chi connectivity index (χ1v) is 14.4. The lowest BCUT2D eigenvalue weighted by Crippen LogP contribution is -2.28. The topological polar surface area (TPSA) is 83.3 Å². The molecule has 0 radical (unpaired) electrons. The Balaban J connectivity index is 1.43. The minimum absolute atomic E-state index is 0.0581. The van der Waals surface area contributed by atoms with Crippen molar-refractivity contribution in [2.24, 2.45) is 0 Å². The standard InChI is InChI=1S/C29H36FN3O5S/c1-20-12-25(37-5)13-21(2)28(20)39(35,36)32(4)18-26-15-24(19-38-26)29(34)31(3)17-23-14-22(8-9-27(23)30)16-33-10-6-7-11-33/h8-9,12-15,19H,6-7,10-11,16-18H2,1-5H3. The number of methoxy groups -OCH3 is 1.